The van der Waals surface area contributed by atoms with Gasteiger partial charge in [-0.3, -0.25) is 0 Å². The van der Waals surface area contributed by atoms with E-state index in [1.807, 2.05) is 0 Å². The van der Waals surface area contributed by atoms with E-state index in [0.29, 0.717) is 0 Å². The van der Waals surface area contributed by atoms with Gasteiger partial charge in [0.15, 0.2) is 0 Å². The lowest BCUT2D eigenvalue weighted by molar-refractivity contribution is 0.321. The Hall–Kier alpha value is -0.0400. The molecular formula is C14H29N. The van der Waals surface area contributed by atoms with Crippen LogP contribution in [0.3, 0.4) is 0 Å². The zero-order valence-electron chi connectivity index (χ0n) is 10.9. The van der Waals surface area contributed by atoms with Crippen molar-refractivity contribution in [2.24, 2.45) is 11.8 Å². The van der Waals surface area contributed by atoms with E-state index < -0.39 is 0 Å². The predicted molar refractivity (Wildman–Crippen MR) is 68.1 cm³/mol. The molecule has 1 aliphatic rings. The molecule has 0 spiro atoms. The minimum absolute atomic E-state index is 0.733. The average molecular weight is 211 g/mol. The van der Waals surface area contributed by atoms with Crippen LogP contribution in [-0.2, 0) is 0 Å². The van der Waals surface area contributed by atoms with E-state index in [9.17, 15) is 0 Å². The van der Waals surface area contributed by atoms with Crippen molar-refractivity contribution in [1.29, 1.82) is 0 Å². The minimum Gasteiger partial charge on any atom is -0.314 e. The van der Waals surface area contributed by atoms with Gasteiger partial charge in [-0.2, -0.15) is 0 Å². The predicted octanol–water partition coefficient (Wildman–Crippen LogP) is 3.98. The van der Waals surface area contributed by atoms with Crippen molar-refractivity contribution in [2.75, 3.05) is 6.54 Å². The molecule has 0 saturated heterocycles. The van der Waals surface area contributed by atoms with Crippen molar-refractivity contribution in [1.82, 2.24) is 5.32 Å². The molecule has 0 radical (unpaired) electrons. The standard InChI is InChI=1S/C14H29N/c1-4-12(2)11-15-13(3)14-9-7-5-6-8-10-14/h12-15H,4-11H2,1-3H3/t12?,13-/m0/s1. The lowest BCUT2D eigenvalue weighted by Gasteiger charge is -2.25. The Morgan fingerprint density at radius 3 is 2.20 bits per heavy atom. The first-order chi connectivity index (χ1) is 7.24. The Kier molecular flexibility index (Phi) is 6.31. The molecule has 1 rings (SSSR count). The highest BCUT2D eigenvalue weighted by molar-refractivity contribution is 4.75. The maximum absolute atomic E-state index is 3.73. The van der Waals surface area contributed by atoms with Gasteiger partial charge in [0.2, 0.25) is 0 Å². The van der Waals surface area contributed by atoms with Gasteiger partial charge in [-0.05, 0) is 38.1 Å². The van der Waals surface area contributed by atoms with E-state index in [1.165, 1.54) is 51.5 Å². The smallest absolute Gasteiger partial charge is 0.00671 e. The highest BCUT2D eigenvalue weighted by Crippen LogP contribution is 2.25. The second-order valence-electron chi connectivity index (χ2n) is 5.46. The van der Waals surface area contributed by atoms with Crippen molar-refractivity contribution in [3.05, 3.63) is 0 Å². The molecule has 1 N–H and O–H groups in total. The molecule has 0 aromatic rings. The van der Waals surface area contributed by atoms with Gasteiger partial charge >= 0.3 is 0 Å². The fraction of sp³-hybridized carbons (Fsp3) is 1.00. The summed E-state index contributed by atoms with van der Waals surface area (Å²) in [6.45, 7) is 8.21. The van der Waals surface area contributed by atoms with Crippen molar-refractivity contribution in [3.63, 3.8) is 0 Å². The summed E-state index contributed by atoms with van der Waals surface area (Å²) in [4.78, 5) is 0. The molecule has 1 aliphatic carbocycles. The molecule has 15 heavy (non-hydrogen) atoms. The fourth-order valence-electron chi connectivity index (χ4n) is 2.51. The molecule has 2 atom stereocenters. The third-order valence-corrected chi connectivity index (χ3v) is 4.09. The minimum atomic E-state index is 0.733. The van der Waals surface area contributed by atoms with Crippen LogP contribution in [0.2, 0.25) is 0 Å². The van der Waals surface area contributed by atoms with Crippen molar-refractivity contribution in [2.45, 2.75) is 71.8 Å². The van der Waals surface area contributed by atoms with Gasteiger partial charge in [0, 0.05) is 6.04 Å². The fourth-order valence-corrected chi connectivity index (χ4v) is 2.51. The summed E-state index contributed by atoms with van der Waals surface area (Å²) in [6, 6.07) is 0.733. The van der Waals surface area contributed by atoms with Crippen molar-refractivity contribution >= 4 is 0 Å². The summed E-state index contributed by atoms with van der Waals surface area (Å²) in [5, 5.41) is 3.73. The first-order valence-corrected chi connectivity index (χ1v) is 6.97. The molecule has 0 heterocycles. The van der Waals surface area contributed by atoms with Gasteiger partial charge < -0.3 is 5.32 Å². The van der Waals surface area contributed by atoms with E-state index in [-0.39, 0.29) is 0 Å². The van der Waals surface area contributed by atoms with Crippen molar-refractivity contribution < 1.29 is 0 Å². The number of nitrogens with one attached hydrogen (secondary N) is 1. The zero-order valence-corrected chi connectivity index (χ0v) is 10.9. The van der Waals surface area contributed by atoms with Crippen LogP contribution in [0, 0.1) is 11.8 Å². The largest absolute Gasteiger partial charge is 0.314 e. The molecule has 0 aromatic carbocycles. The first-order valence-electron chi connectivity index (χ1n) is 6.97. The molecular weight excluding hydrogens is 182 g/mol. The molecule has 1 saturated carbocycles. The van der Waals surface area contributed by atoms with Crippen LogP contribution in [0.15, 0.2) is 0 Å². The van der Waals surface area contributed by atoms with Gasteiger partial charge in [-0.25, -0.2) is 0 Å². The zero-order chi connectivity index (χ0) is 11.1. The van der Waals surface area contributed by atoms with Gasteiger partial charge in [0.1, 0.15) is 0 Å². The third kappa shape index (κ3) is 5.01. The Labute approximate surface area is 96.0 Å². The molecule has 0 aliphatic heterocycles. The number of hydrogen-bond donors (Lipinski definition) is 1. The van der Waals surface area contributed by atoms with Crippen LogP contribution in [-0.4, -0.2) is 12.6 Å². The Balaban J connectivity index is 2.22. The van der Waals surface area contributed by atoms with Crippen LogP contribution in [0.25, 0.3) is 0 Å². The highest BCUT2D eigenvalue weighted by Gasteiger charge is 2.18. The summed E-state index contributed by atoms with van der Waals surface area (Å²) in [5.74, 6) is 1.77. The maximum Gasteiger partial charge on any atom is 0.00671 e. The lowest BCUT2D eigenvalue weighted by atomic mass is 9.92. The van der Waals surface area contributed by atoms with Crippen LogP contribution < -0.4 is 5.32 Å². The average Bonchev–Trinajstić information content (AvgIpc) is 2.53. The van der Waals surface area contributed by atoms with Crippen LogP contribution in [0.5, 0.6) is 0 Å². The molecule has 0 bridgehead atoms. The van der Waals surface area contributed by atoms with E-state index in [0.717, 1.165) is 17.9 Å². The van der Waals surface area contributed by atoms with Crippen LogP contribution in [0.1, 0.15) is 65.7 Å². The molecule has 1 unspecified atom stereocenters. The van der Waals surface area contributed by atoms with E-state index >= 15 is 0 Å². The monoisotopic (exact) mass is 211 g/mol. The summed E-state index contributed by atoms with van der Waals surface area (Å²) in [6.07, 6.45) is 10.1. The summed E-state index contributed by atoms with van der Waals surface area (Å²) >= 11 is 0. The second kappa shape index (κ2) is 7.27. The summed E-state index contributed by atoms with van der Waals surface area (Å²) in [7, 11) is 0. The number of rotatable bonds is 5. The van der Waals surface area contributed by atoms with Gasteiger partial charge in [-0.15, -0.1) is 0 Å². The second-order valence-corrected chi connectivity index (χ2v) is 5.46. The summed E-state index contributed by atoms with van der Waals surface area (Å²) < 4.78 is 0. The Morgan fingerprint density at radius 2 is 1.67 bits per heavy atom. The summed E-state index contributed by atoms with van der Waals surface area (Å²) in [5.41, 5.74) is 0. The highest BCUT2D eigenvalue weighted by atomic mass is 14.9. The Morgan fingerprint density at radius 1 is 1.07 bits per heavy atom. The van der Waals surface area contributed by atoms with Crippen LogP contribution >= 0.6 is 0 Å². The quantitative estimate of drug-likeness (QED) is 0.678. The first kappa shape index (κ1) is 13.0. The SMILES string of the molecule is CCC(C)CN[C@@H](C)C1CCCCCC1. The molecule has 1 heteroatoms. The van der Waals surface area contributed by atoms with Gasteiger partial charge in [0.25, 0.3) is 0 Å². The topological polar surface area (TPSA) is 12.0 Å². The molecule has 0 amide bonds. The lowest BCUT2D eigenvalue weighted by Crippen LogP contribution is -2.36. The normalized spacial score (nSPS) is 23.4. The molecule has 90 valence electrons. The van der Waals surface area contributed by atoms with Crippen molar-refractivity contribution in [3.8, 4) is 0 Å². The molecule has 0 aromatic heterocycles. The number of hydrogen-bond acceptors (Lipinski definition) is 1. The van der Waals surface area contributed by atoms with Crippen LogP contribution in [0.4, 0.5) is 0 Å². The molecule has 1 nitrogen and oxygen atoms in total. The van der Waals surface area contributed by atoms with Gasteiger partial charge in [0.05, 0.1) is 0 Å². The van der Waals surface area contributed by atoms with E-state index in [2.05, 4.69) is 26.1 Å². The van der Waals surface area contributed by atoms with E-state index in [4.69, 9.17) is 0 Å². The van der Waals surface area contributed by atoms with E-state index in [1.54, 1.807) is 0 Å². The molecule has 1 fully saturated rings. The van der Waals surface area contributed by atoms with Gasteiger partial charge in [-0.1, -0.05) is 46.0 Å². The Bertz CT molecular complexity index is 147. The maximum atomic E-state index is 3.73. The third-order valence-electron chi connectivity index (χ3n) is 4.09.